The van der Waals surface area contributed by atoms with E-state index in [9.17, 15) is 18.4 Å². The number of H-pyrrole nitrogens is 1. The minimum atomic E-state index is -1.04. The molecule has 1 aromatic carbocycles. The van der Waals surface area contributed by atoms with Gasteiger partial charge in [-0.05, 0) is 43.5 Å². The van der Waals surface area contributed by atoms with Crippen LogP contribution in [0.1, 0.15) is 41.5 Å². The number of hydrogen-bond acceptors (Lipinski definition) is 3. The van der Waals surface area contributed by atoms with Gasteiger partial charge in [0.15, 0.2) is 11.6 Å². The largest absolute Gasteiger partial charge is 0.345 e. The molecule has 4 rings (SSSR count). The summed E-state index contributed by atoms with van der Waals surface area (Å²) < 4.78 is 28.5. The normalized spacial score (nSPS) is 14.4. The van der Waals surface area contributed by atoms with Gasteiger partial charge in [0.1, 0.15) is 16.9 Å². The third-order valence-electron chi connectivity index (χ3n) is 4.70. The molecule has 1 aliphatic carbocycles. The average Bonchev–Trinajstić information content (AvgIpc) is 3.00. The van der Waals surface area contributed by atoms with Crippen LogP contribution in [0, 0.1) is 11.6 Å². The van der Waals surface area contributed by atoms with Gasteiger partial charge >= 0.3 is 0 Å². The van der Waals surface area contributed by atoms with Crippen LogP contribution < -0.4 is 10.9 Å². The van der Waals surface area contributed by atoms with Crippen molar-refractivity contribution in [2.45, 2.75) is 31.8 Å². The van der Waals surface area contributed by atoms with Crippen LogP contribution in [0.25, 0.3) is 11.0 Å². The Morgan fingerprint density at radius 2 is 2.12 bits per heavy atom. The zero-order valence-corrected chi connectivity index (χ0v) is 13.8. The van der Waals surface area contributed by atoms with Crippen LogP contribution in [0.15, 0.2) is 35.3 Å². The molecule has 0 aliphatic heterocycles. The second-order valence-electron chi connectivity index (χ2n) is 6.34. The van der Waals surface area contributed by atoms with Crippen molar-refractivity contribution in [1.29, 1.82) is 0 Å². The third-order valence-corrected chi connectivity index (χ3v) is 4.70. The summed E-state index contributed by atoms with van der Waals surface area (Å²) in [4.78, 5) is 31.6. The van der Waals surface area contributed by atoms with Crippen LogP contribution in [-0.2, 0) is 6.54 Å². The summed E-state index contributed by atoms with van der Waals surface area (Å²) >= 11 is 0. The van der Waals surface area contributed by atoms with E-state index >= 15 is 0 Å². The second-order valence-corrected chi connectivity index (χ2v) is 6.34. The number of benzene rings is 1. The molecule has 1 aliphatic rings. The quantitative estimate of drug-likeness (QED) is 0.752. The van der Waals surface area contributed by atoms with E-state index < -0.39 is 17.5 Å². The number of nitrogens with zero attached hydrogens (tertiary/aromatic N) is 2. The summed E-state index contributed by atoms with van der Waals surface area (Å²) in [5.74, 6) is -2.29. The van der Waals surface area contributed by atoms with Gasteiger partial charge in [0.2, 0.25) is 0 Å². The number of carbonyl (C=O) groups is 1. The van der Waals surface area contributed by atoms with E-state index in [1.165, 1.54) is 12.1 Å². The lowest BCUT2D eigenvalue weighted by Crippen LogP contribution is -2.35. The Morgan fingerprint density at radius 1 is 1.31 bits per heavy atom. The zero-order valence-electron chi connectivity index (χ0n) is 13.8. The van der Waals surface area contributed by atoms with E-state index in [4.69, 9.17) is 0 Å². The van der Waals surface area contributed by atoms with Gasteiger partial charge < -0.3 is 14.9 Å². The number of aromatic nitrogens is 3. The Kier molecular flexibility index (Phi) is 4.02. The second kappa shape index (κ2) is 6.36. The molecule has 2 heterocycles. The Morgan fingerprint density at radius 3 is 2.85 bits per heavy atom. The Hall–Kier alpha value is -3.03. The molecule has 134 valence electrons. The van der Waals surface area contributed by atoms with E-state index in [0.29, 0.717) is 5.52 Å². The van der Waals surface area contributed by atoms with Crippen molar-refractivity contribution in [2.75, 3.05) is 0 Å². The number of aromatic amines is 1. The summed E-state index contributed by atoms with van der Waals surface area (Å²) in [6.07, 6.45) is 4.65. The Bertz CT molecular complexity index is 1050. The van der Waals surface area contributed by atoms with Crippen molar-refractivity contribution in [3.05, 3.63) is 63.8 Å². The highest BCUT2D eigenvalue weighted by Crippen LogP contribution is 2.29. The first-order valence-electron chi connectivity index (χ1n) is 8.36. The van der Waals surface area contributed by atoms with Gasteiger partial charge in [-0.2, -0.15) is 0 Å². The highest BCUT2D eigenvalue weighted by molar-refractivity contribution is 5.93. The summed E-state index contributed by atoms with van der Waals surface area (Å²) in [5.41, 5.74) is -0.0679. The predicted octanol–water partition coefficient (Wildman–Crippen LogP) is 2.66. The van der Waals surface area contributed by atoms with Gasteiger partial charge in [-0.1, -0.05) is 0 Å². The van der Waals surface area contributed by atoms with E-state index in [2.05, 4.69) is 15.3 Å². The Balaban J connectivity index is 1.52. The van der Waals surface area contributed by atoms with E-state index in [1.807, 2.05) is 0 Å². The van der Waals surface area contributed by atoms with Gasteiger partial charge in [-0.3, -0.25) is 9.59 Å². The summed E-state index contributed by atoms with van der Waals surface area (Å²) in [7, 11) is 0. The van der Waals surface area contributed by atoms with Crippen molar-refractivity contribution in [3.8, 4) is 0 Å². The Labute approximate surface area is 146 Å². The van der Waals surface area contributed by atoms with E-state index in [-0.39, 0.29) is 35.1 Å². The molecule has 6 nitrogen and oxygen atoms in total. The SMILES string of the molecule is O=C(NCc1nc2c(F)c(F)ccc2[nH]1)c1cccn(C2CCC2)c1=O. The van der Waals surface area contributed by atoms with Crippen LogP contribution in [0.3, 0.4) is 0 Å². The minimum Gasteiger partial charge on any atom is -0.345 e. The van der Waals surface area contributed by atoms with Gasteiger partial charge in [-0.15, -0.1) is 0 Å². The fraction of sp³-hybridized carbons (Fsp3) is 0.278. The average molecular weight is 358 g/mol. The molecule has 8 heteroatoms. The number of amides is 1. The first-order chi connectivity index (χ1) is 12.5. The van der Waals surface area contributed by atoms with Crippen LogP contribution in [0.2, 0.25) is 0 Å². The molecular formula is C18H16F2N4O2. The van der Waals surface area contributed by atoms with Gasteiger partial charge in [0.25, 0.3) is 11.5 Å². The molecule has 0 radical (unpaired) electrons. The molecule has 1 amide bonds. The summed E-state index contributed by atoms with van der Waals surface area (Å²) in [6, 6.07) is 5.68. The number of fused-ring (bicyclic) bond motifs is 1. The number of pyridine rings is 1. The summed E-state index contributed by atoms with van der Waals surface area (Å²) in [6.45, 7) is -0.0354. The van der Waals surface area contributed by atoms with Crippen molar-refractivity contribution in [2.24, 2.45) is 0 Å². The lowest BCUT2D eigenvalue weighted by molar-refractivity contribution is 0.0947. The lowest BCUT2D eigenvalue weighted by atomic mass is 9.92. The molecule has 26 heavy (non-hydrogen) atoms. The molecule has 2 N–H and O–H groups in total. The van der Waals surface area contributed by atoms with E-state index in [0.717, 1.165) is 25.3 Å². The molecule has 1 saturated carbocycles. The monoisotopic (exact) mass is 358 g/mol. The lowest BCUT2D eigenvalue weighted by Gasteiger charge is -2.27. The van der Waals surface area contributed by atoms with Crippen LogP contribution in [0.4, 0.5) is 8.78 Å². The maximum absolute atomic E-state index is 13.7. The molecule has 1 fully saturated rings. The first-order valence-corrected chi connectivity index (χ1v) is 8.36. The standard InChI is InChI=1S/C18H16F2N4O2/c19-12-6-7-13-16(15(12)20)23-14(22-13)9-21-17(25)11-5-2-8-24(18(11)26)10-3-1-4-10/h2,5-8,10H,1,3-4,9H2,(H,21,25)(H,22,23). The number of hydrogen-bond donors (Lipinski definition) is 2. The van der Waals surface area contributed by atoms with Crippen LogP contribution >= 0.6 is 0 Å². The zero-order chi connectivity index (χ0) is 18.3. The summed E-state index contributed by atoms with van der Waals surface area (Å²) in [5, 5.41) is 2.59. The van der Waals surface area contributed by atoms with Crippen molar-refractivity contribution in [3.63, 3.8) is 0 Å². The number of imidazole rings is 1. The molecule has 0 spiro atoms. The van der Waals surface area contributed by atoms with E-state index in [1.54, 1.807) is 16.8 Å². The highest BCUT2D eigenvalue weighted by Gasteiger charge is 2.22. The van der Waals surface area contributed by atoms with Crippen LogP contribution in [-0.4, -0.2) is 20.4 Å². The molecule has 0 saturated heterocycles. The van der Waals surface area contributed by atoms with Crippen LogP contribution in [0.5, 0.6) is 0 Å². The fourth-order valence-electron chi connectivity index (χ4n) is 3.05. The molecule has 2 aromatic heterocycles. The van der Waals surface area contributed by atoms with Gasteiger partial charge in [0, 0.05) is 12.2 Å². The van der Waals surface area contributed by atoms with Gasteiger partial charge in [-0.25, -0.2) is 13.8 Å². The van der Waals surface area contributed by atoms with Gasteiger partial charge in [0.05, 0.1) is 12.1 Å². The molecule has 0 atom stereocenters. The molecule has 3 aromatic rings. The topological polar surface area (TPSA) is 79.8 Å². The first kappa shape index (κ1) is 16.4. The maximum atomic E-state index is 13.7. The minimum absolute atomic E-state index is 0.0354. The molecular weight excluding hydrogens is 342 g/mol. The fourth-order valence-corrected chi connectivity index (χ4v) is 3.05. The smallest absolute Gasteiger partial charge is 0.263 e. The molecule has 0 unspecified atom stereocenters. The third kappa shape index (κ3) is 2.77. The number of halogens is 2. The van der Waals surface area contributed by atoms with Crippen molar-refractivity contribution >= 4 is 16.9 Å². The highest BCUT2D eigenvalue weighted by atomic mass is 19.2. The number of rotatable bonds is 4. The number of nitrogens with one attached hydrogen (secondary N) is 2. The maximum Gasteiger partial charge on any atom is 0.263 e. The number of carbonyl (C=O) groups excluding carboxylic acids is 1. The predicted molar refractivity (Wildman–Crippen MR) is 90.8 cm³/mol. The van der Waals surface area contributed by atoms with Crippen molar-refractivity contribution < 1.29 is 13.6 Å². The van der Waals surface area contributed by atoms with Crippen molar-refractivity contribution in [1.82, 2.24) is 19.9 Å². The molecule has 0 bridgehead atoms.